The van der Waals surface area contributed by atoms with E-state index in [9.17, 15) is 14.4 Å². The highest BCUT2D eigenvalue weighted by Gasteiger charge is 2.64. The van der Waals surface area contributed by atoms with Crippen LogP contribution in [-0.2, 0) is 24.5 Å². The number of rotatable bonds is 5. The number of nitrogens with one attached hydrogen (secondary N) is 1. The molecule has 3 aromatic carbocycles. The molecule has 1 saturated carbocycles. The molecule has 1 spiro atoms. The topological polar surface area (TPSA) is 91.9 Å². The van der Waals surface area contributed by atoms with Crippen LogP contribution in [0.5, 0.6) is 0 Å². The second-order valence-corrected chi connectivity index (χ2v) is 13.6. The number of hydrogen-bond acceptors (Lipinski definition) is 5. The number of para-hydroxylation sites is 1. The first-order valence-electron chi connectivity index (χ1n) is 16.6. The number of amides is 2. The lowest BCUT2D eigenvalue weighted by Gasteiger charge is -2.46. The molecule has 8 heteroatoms. The predicted octanol–water partition coefficient (Wildman–Crippen LogP) is 7.00. The van der Waals surface area contributed by atoms with E-state index in [-0.39, 0.29) is 18.4 Å². The number of ether oxygens (including phenoxy) is 2. The number of methoxy groups -OCH3 is 1. The van der Waals surface area contributed by atoms with Crippen LogP contribution < -0.4 is 0 Å². The van der Waals surface area contributed by atoms with Gasteiger partial charge in [0.05, 0.1) is 13.2 Å². The maximum Gasteiger partial charge on any atom is 0.410 e. The highest BCUT2D eigenvalue weighted by atomic mass is 16.6. The summed E-state index contributed by atoms with van der Waals surface area (Å²) in [5.74, 6) is -0.750. The molecular weight excluding hydrogens is 590 g/mol. The second kappa shape index (κ2) is 11.1. The third-order valence-electron chi connectivity index (χ3n) is 10.7. The van der Waals surface area contributed by atoms with Gasteiger partial charge in [-0.15, -0.1) is 0 Å². The van der Waals surface area contributed by atoms with Gasteiger partial charge in [0.2, 0.25) is 5.91 Å². The number of hydrogen-bond donors (Lipinski definition) is 1. The summed E-state index contributed by atoms with van der Waals surface area (Å²) in [7, 11) is 1.39. The summed E-state index contributed by atoms with van der Waals surface area (Å²) in [6.07, 6.45) is 4.26. The lowest BCUT2D eigenvalue weighted by Crippen LogP contribution is -2.60. The molecule has 0 radical (unpaired) electrons. The van der Waals surface area contributed by atoms with Crippen LogP contribution in [0.3, 0.4) is 0 Å². The minimum atomic E-state index is -0.808. The highest BCUT2D eigenvalue weighted by Crippen LogP contribution is 2.61. The molecular formula is C39H39N3O5. The maximum atomic E-state index is 14.9. The van der Waals surface area contributed by atoms with Crippen molar-refractivity contribution in [3.05, 3.63) is 107 Å². The Morgan fingerprint density at radius 1 is 0.936 bits per heavy atom. The Balaban J connectivity index is 1.12. The van der Waals surface area contributed by atoms with Crippen molar-refractivity contribution in [2.24, 2.45) is 0 Å². The van der Waals surface area contributed by atoms with Crippen molar-refractivity contribution < 1.29 is 23.9 Å². The number of nitrogens with zero attached hydrogens (tertiary/aromatic N) is 2. The SMILES string of the molecule is COC(=O)[C@@H]1N(C(=O)[C@@H]2CCCN2C(=O)OCC2c3ccccc3-c3ccccc32)[C@@H](C=C(C)C)c2[nH]c3ccccc3c2C12CC2. The summed E-state index contributed by atoms with van der Waals surface area (Å²) in [6, 6.07) is 22.5. The van der Waals surface area contributed by atoms with Crippen molar-refractivity contribution >= 4 is 28.9 Å². The molecule has 240 valence electrons. The van der Waals surface area contributed by atoms with E-state index < -0.39 is 35.6 Å². The first-order valence-corrected chi connectivity index (χ1v) is 16.6. The number of likely N-dealkylation sites (tertiary alicyclic amines) is 1. The van der Waals surface area contributed by atoms with E-state index in [1.54, 1.807) is 9.80 Å². The minimum absolute atomic E-state index is 0.0777. The van der Waals surface area contributed by atoms with Gasteiger partial charge in [-0.25, -0.2) is 9.59 Å². The van der Waals surface area contributed by atoms with Gasteiger partial charge in [-0.3, -0.25) is 9.69 Å². The zero-order valence-corrected chi connectivity index (χ0v) is 27.0. The fraction of sp³-hybridized carbons (Fsp3) is 0.359. The Kier molecular flexibility index (Phi) is 7.01. The molecule has 1 aromatic heterocycles. The molecule has 3 heterocycles. The van der Waals surface area contributed by atoms with Crippen LogP contribution in [0, 0.1) is 0 Å². The van der Waals surface area contributed by atoms with E-state index in [1.807, 2.05) is 62.4 Å². The van der Waals surface area contributed by atoms with Gasteiger partial charge in [0.1, 0.15) is 18.7 Å². The third kappa shape index (κ3) is 4.52. The van der Waals surface area contributed by atoms with Crippen LogP contribution in [0.25, 0.3) is 22.0 Å². The zero-order chi connectivity index (χ0) is 32.4. The van der Waals surface area contributed by atoms with Gasteiger partial charge in [-0.2, -0.15) is 0 Å². The smallest absolute Gasteiger partial charge is 0.410 e. The third-order valence-corrected chi connectivity index (χ3v) is 10.7. The Labute approximate surface area is 274 Å². The summed E-state index contributed by atoms with van der Waals surface area (Å²) in [4.78, 5) is 49.4. The van der Waals surface area contributed by atoms with Crippen LogP contribution >= 0.6 is 0 Å². The number of allylic oxidation sites excluding steroid dienone is 1. The fourth-order valence-electron chi connectivity index (χ4n) is 8.57. The van der Waals surface area contributed by atoms with Crippen molar-refractivity contribution in [1.82, 2.24) is 14.8 Å². The Bertz CT molecular complexity index is 1910. The minimum Gasteiger partial charge on any atom is -0.467 e. The summed E-state index contributed by atoms with van der Waals surface area (Å²) in [5.41, 5.74) is 8.09. The number of carbonyl (C=O) groups is 3. The van der Waals surface area contributed by atoms with Crippen molar-refractivity contribution in [3.8, 4) is 11.1 Å². The van der Waals surface area contributed by atoms with Gasteiger partial charge in [-0.05, 0) is 73.4 Å². The molecule has 2 aliphatic carbocycles. The molecule has 8 nitrogen and oxygen atoms in total. The normalized spacial score (nSPS) is 22.1. The van der Waals surface area contributed by atoms with Crippen LogP contribution in [0.2, 0.25) is 0 Å². The lowest BCUT2D eigenvalue weighted by molar-refractivity contribution is -0.159. The standard InChI is InChI=1S/C39H39N3O5/c1-23(2)21-32-34-33(28-15-8-9-16-30(28)40-34)39(18-19-39)35(37(44)46-3)42(32)36(43)31-17-10-20-41(31)38(45)47-22-29-26-13-6-4-11-24(26)25-12-5-7-14-27(25)29/h4-9,11-16,21,29,31-32,35,40H,10,17-20,22H2,1-3H3/t31-,32-,35-/m0/s1. The number of benzene rings is 3. The fourth-order valence-corrected chi connectivity index (χ4v) is 8.57. The Morgan fingerprint density at radius 2 is 1.60 bits per heavy atom. The number of esters is 1. The zero-order valence-electron chi connectivity index (χ0n) is 27.0. The van der Waals surface area contributed by atoms with E-state index in [4.69, 9.17) is 9.47 Å². The van der Waals surface area contributed by atoms with E-state index in [1.165, 1.54) is 7.11 Å². The average Bonchev–Trinajstić information content (AvgIpc) is 3.42. The molecule has 2 amide bonds. The van der Waals surface area contributed by atoms with Crippen molar-refractivity contribution in [1.29, 1.82) is 0 Å². The molecule has 1 saturated heterocycles. The van der Waals surface area contributed by atoms with Crippen molar-refractivity contribution in [3.63, 3.8) is 0 Å². The second-order valence-electron chi connectivity index (χ2n) is 13.6. The molecule has 0 unspecified atom stereocenters. The molecule has 2 aliphatic heterocycles. The van der Waals surface area contributed by atoms with Crippen LogP contribution in [-0.4, -0.2) is 65.1 Å². The molecule has 2 fully saturated rings. The van der Waals surface area contributed by atoms with E-state index in [2.05, 4.69) is 35.3 Å². The first-order chi connectivity index (χ1) is 22.8. The highest BCUT2D eigenvalue weighted by molar-refractivity contribution is 5.96. The van der Waals surface area contributed by atoms with Gasteiger partial charge in [0, 0.05) is 34.5 Å². The quantitative estimate of drug-likeness (QED) is 0.190. The van der Waals surface area contributed by atoms with Crippen molar-refractivity contribution in [2.45, 2.75) is 69.0 Å². The van der Waals surface area contributed by atoms with Crippen LogP contribution in [0.4, 0.5) is 4.79 Å². The Morgan fingerprint density at radius 3 is 2.26 bits per heavy atom. The molecule has 8 rings (SSSR count). The largest absolute Gasteiger partial charge is 0.467 e. The first kappa shape index (κ1) is 29.5. The van der Waals surface area contributed by atoms with Gasteiger partial charge in [-0.1, -0.05) is 78.4 Å². The van der Waals surface area contributed by atoms with Gasteiger partial charge >= 0.3 is 12.1 Å². The van der Waals surface area contributed by atoms with Gasteiger partial charge in [0.25, 0.3) is 0 Å². The monoisotopic (exact) mass is 629 g/mol. The molecule has 4 aliphatic rings. The Hall–Kier alpha value is -4.85. The molecule has 1 N–H and O–H groups in total. The number of fused-ring (bicyclic) bond motifs is 7. The number of carbonyl (C=O) groups excluding carboxylic acids is 3. The van der Waals surface area contributed by atoms with E-state index in [0.29, 0.717) is 19.4 Å². The molecule has 0 bridgehead atoms. The average molecular weight is 630 g/mol. The van der Waals surface area contributed by atoms with Crippen molar-refractivity contribution in [2.75, 3.05) is 20.3 Å². The summed E-state index contributed by atoms with van der Waals surface area (Å²) in [6.45, 7) is 4.59. The van der Waals surface area contributed by atoms with E-state index in [0.717, 1.165) is 62.8 Å². The van der Waals surface area contributed by atoms with Gasteiger partial charge in [0.15, 0.2) is 0 Å². The van der Waals surface area contributed by atoms with Gasteiger partial charge < -0.3 is 19.4 Å². The molecule has 4 aromatic rings. The summed E-state index contributed by atoms with van der Waals surface area (Å²) in [5, 5.41) is 1.08. The number of H-pyrrole nitrogens is 1. The summed E-state index contributed by atoms with van der Waals surface area (Å²) < 4.78 is 11.5. The molecule has 3 atom stereocenters. The maximum absolute atomic E-state index is 14.9. The number of aromatic nitrogens is 1. The van der Waals surface area contributed by atoms with E-state index >= 15 is 0 Å². The van der Waals surface area contributed by atoms with Crippen LogP contribution in [0.15, 0.2) is 84.4 Å². The lowest BCUT2D eigenvalue weighted by atomic mass is 9.78. The number of aromatic amines is 1. The summed E-state index contributed by atoms with van der Waals surface area (Å²) >= 11 is 0. The molecule has 47 heavy (non-hydrogen) atoms. The predicted molar refractivity (Wildman–Crippen MR) is 179 cm³/mol. The van der Waals surface area contributed by atoms with Crippen LogP contribution in [0.1, 0.15) is 73.9 Å².